The molecule has 1 aromatic carbocycles. The van der Waals surface area contributed by atoms with Gasteiger partial charge in [0.2, 0.25) is 5.91 Å². The molecule has 0 bridgehead atoms. The lowest BCUT2D eigenvalue weighted by Gasteiger charge is -2.24. The monoisotopic (exact) mass is 246 g/mol. The van der Waals surface area contributed by atoms with Crippen LogP contribution in [0, 0.1) is 0 Å². The minimum Gasteiger partial charge on any atom is -0.322 e. The maximum Gasteiger partial charge on any atom is 0.238 e. The second kappa shape index (κ2) is 5.53. The lowest BCUT2D eigenvalue weighted by molar-refractivity contribution is -0.128. The summed E-state index contributed by atoms with van der Waals surface area (Å²) in [6.45, 7) is 7.76. The largest absolute Gasteiger partial charge is 0.322 e. The molecule has 0 aliphatic carbocycles. The molecule has 1 atom stereocenters. The number of hydrogen-bond acceptors (Lipinski definition) is 2. The van der Waals surface area contributed by atoms with E-state index in [1.165, 1.54) is 11.1 Å². The summed E-state index contributed by atoms with van der Waals surface area (Å²) in [6, 6.07) is 8.59. The Morgan fingerprint density at radius 3 is 2.56 bits per heavy atom. The van der Waals surface area contributed by atoms with E-state index in [0.29, 0.717) is 12.5 Å². The zero-order chi connectivity index (χ0) is 13.1. The maximum atomic E-state index is 11.8. The van der Waals surface area contributed by atoms with Crippen molar-refractivity contribution in [3.63, 3.8) is 0 Å². The van der Waals surface area contributed by atoms with Gasteiger partial charge >= 0.3 is 0 Å². The number of amides is 1. The first-order chi connectivity index (χ1) is 8.63. The van der Waals surface area contributed by atoms with Crippen LogP contribution in [0.4, 0.5) is 0 Å². The van der Waals surface area contributed by atoms with E-state index in [2.05, 4.69) is 50.4 Å². The second-order valence-electron chi connectivity index (χ2n) is 5.19. The van der Waals surface area contributed by atoms with Gasteiger partial charge in [-0.3, -0.25) is 10.1 Å². The molecule has 0 spiro atoms. The first-order valence-electron chi connectivity index (χ1n) is 6.76. The zero-order valence-corrected chi connectivity index (χ0v) is 11.4. The fourth-order valence-corrected chi connectivity index (χ4v) is 2.40. The van der Waals surface area contributed by atoms with Crippen LogP contribution in [0.2, 0.25) is 0 Å². The molecule has 0 saturated carbocycles. The predicted molar refractivity (Wildman–Crippen MR) is 73.3 cm³/mol. The lowest BCUT2D eigenvalue weighted by atomic mass is 10.0. The van der Waals surface area contributed by atoms with Crippen LogP contribution in [0.25, 0.3) is 0 Å². The number of benzene rings is 1. The highest BCUT2D eigenvalue weighted by Gasteiger charge is 2.30. The first-order valence-corrected chi connectivity index (χ1v) is 6.76. The van der Waals surface area contributed by atoms with Gasteiger partial charge in [0.05, 0.1) is 6.54 Å². The van der Waals surface area contributed by atoms with Crippen molar-refractivity contribution >= 4 is 5.91 Å². The van der Waals surface area contributed by atoms with Crippen LogP contribution >= 0.6 is 0 Å². The molecule has 1 heterocycles. The van der Waals surface area contributed by atoms with E-state index < -0.39 is 0 Å². The van der Waals surface area contributed by atoms with E-state index >= 15 is 0 Å². The van der Waals surface area contributed by atoms with Gasteiger partial charge in [-0.1, -0.05) is 45.0 Å². The molecule has 1 fully saturated rings. The lowest BCUT2D eigenvalue weighted by Crippen LogP contribution is -2.30. The molecule has 3 nitrogen and oxygen atoms in total. The Kier molecular flexibility index (Phi) is 4.02. The van der Waals surface area contributed by atoms with Gasteiger partial charge in [0, 0.05) is 6.54 Å². The molecule has 0 radical (unpaired) electrons. The molecule has 98 valence electrons. The average Bonchev–Trinajstić information content (AvgIpc) is 2.72. The number of carbonyl (C=O) groups is 1. The molecular formula is C15H22N2O. The normalized spacial score (nSPS) is 19.9. The summed E-state index contributed by atoms with van der Waals surface area (Å²) in [5.41, 5.74) is 2.52. The Morgan fingerprint density at radius 1 is 1.33 bits per heavy atom. The van der Waals surface area contributed by atoms with E-state index in [9.17, 15) is 4.79 Å². The molecule has 1 saturated heterocycles. The Bertz CT molecular complexity index is 411. The van der Waals surface area contributed by atoms with Gasteiger partial charge in [0.1, 0.15) is 6.17 Å². The quantitative estimate of drug-likeness (QED) is 0.885. The van der Waals surface area contributed by atoms with E-state index in [1.807, 2.05) is 4.90 Å². The van der Waals surface area contributed by atoms with E-state index in [4.69, 9.17) is 0 Å². The van der Waals surface area contributed by atoms with E-state index in [0.717, 1.165) is 13.0 Å². The number of hydrogen-bond donors (Lipinski definition) is 1. The van der Waals surface area contributed by atoms with Gasteiger partial charge in [0.15, 0.2) is 0 Å². The Morgan fingerprint density at radius 2 is 2.00 bits per heavy atom. The second-order valence-corrected chi connectivity index (χ2v) is 5.19. The van der Waals surface area contributed by atoms with Gasteiger partial charge in [-0.25, -0.2) is 0 Å². The molecule has 1 aromatic rings. The van der Waals surface area contributed by atoms with Crippen LogP contribution in [-0.4, -0.2) is 23.9 Å². The van der Waals surface area contributed by atoms with Crippen molar-refractivity contribution in [3.8, 4) is 0 Å². The standard InChI is InChI=1S/C15H22N2O/c1-4-9-17-14(18)10-16-15(17)13-7-5-12(6-8-13)11(2)3/h5-8,11,15-16H,4,9-10H2,1-3H3. The minimum absolute atomic E-state index is 0.0543. The van der Waals surface area contributed by atoms with Crippen LogP contribution in [0.15, 0.2) is 24.3 Å². The fraction of sp³-hybridized carbons (Fsp3) is 0.533. The van der Waals surface area contributed by atoms with Crippen molar-refractivity contribution in [3.05, 3.63) is 35.4 Å². The Balaban J connectivity index is 2.17. The van der Waals surface area contributed by atoms with Gasteiger partial charge in [0.25, 0.3) is 0 Å². The van der Waals surface area contributed by atoms with Crippen molar-refractivity contribution in [1.29, 1.82) is 0 Å². The molecule has 1 amide bonds. The van der Waals surface area contributed by atoms with E-state index in [1.54, 1.807) is 0 Å². The van der Waals surface area contributed by atoms with Crippen LogP contribution in [-0.2, 0) is 4.79 Å². The summed E-state index contributed by atoms with van der Waals surface area (Å²) in [6.07, 6.45) is 1.05. The summed E-state index contributed by atoms with van der Waals surface area (Å²) in [4.78, 5) is 13.7. The van der Waals surface area contributed by atoms with Gasteiger partial charge in [-0.2, -0.15) is 0 Å². The Labute approximate surface area is 109 Å². The van der Waals surface area contributed by atoms with E-state index in [-0.39, 0.29) is 12.1 Å². The van der Waals surface area contributed by atoms with Gasteiger partial charge in [-0.05, 0) is 23.5 Å². The highest BCUT2D eigenvalue weighted by molar-refractivity contribution is 5.80. The zero-order valence-electron chi connectivity index (χ0n) is 11.4. The van der Waals surface area contributed by atoms with Gasteiger partial charge < -0.3 is 4.90 Å². The number of rotatable bonds is 4. The predicted octanol–water partition coefficient (Wildman–Crippen LogP) is 2.65. The molecule has 0 aromatic heterocycles. The summed E-state index contributed by atoms with van der Waals surface area (Å²) in [5.74, 6) is 0.749. The molecule has 1 aliphatic heterocycles. The van der Waals surface area contributed by atoms with Gasteiger partial charge in [-0.15, -0.1) is 0 Å². The average molecular weight is 246 g/mol. The van der Waals surface area contributed by atoms with Crippen molar-refractivity contribution in [1.82, 2.24) is 10.2 Å². The third kappa shape index (κ3) is 2.56. The molecule has 1 aliphatic rings. The highest BCUT2D eigenvalue weighted by Crippen LogP contribution is 2.24. The van der Waals surface area contributed by atoms with Crippen LogP contribution in [0.5, 0.6) is 0 Å². The summed E-state index contributed by atoms with van der Waals surface area (Å²) < 4.78 is 0. The molecule has 1 N–H and O–H groups in total. The van der Waals surface area contributed by atoms with Crippen molar-refractivity contribution in [2.24, 2.45) is 0 Å². The first kappa shape index (κ1) is 13.1. The topological polar surface area (TPSA) is 32.3 Å². The van der Waals surface area contributed by atoms with Crippen molar-refractivity contribution < 1.29 is 4.79 Å². The molecule has 3 heteroatoms. The molecule has 2 rings (SSSR count). The fourth-order valence-electron chi connectivity index (χ4n) is 2.40. The summed E-state index contributed by atoms with van der Waals surface area (Å²) in [7, 11) is 0. The van der Waals surface area contributed by atoms with Crippen LogP contribution in [0.1, 0.15) is 50.4 Å². The maximum absolute atomic E-state index is 11.8. The Hall–Kier alpha value is -1.35. The van der Waals surface area contributed by atoms with Crippen LogP contribution < -0.4 is 5.32 Å². The SMILES string of the molecule is CCCN1C(=O)CNC1c1ccc(C(C)C)cc1. The molecular weight excluding hydrogens is 224 g/mol. The summed E-state index contributed by atoms with van der Waals surface area (Å²) >= 11 is 0. The molecule has 18 heavy (non-hydrogen) atoms. The number of nitrogens with one attached hydrogen (secondary N) is 1. The highest BCUT2D eigenvalue weighted by atomic mass is 16.2. The third-order valence-corrected chi connectivity index (χ3v) is 3.46. The number of nitrogens with zero attached hydrogens (tertiary/aromatic N) is 1. The summed E-state index contributed by atoms with van der Waals surface area (Å²) in [5, 5.41) is 3.28. The van der Waals surface area contributed by atoms with Crippen molar-refractivity contribution in [2.75, 3.05) is 13.1 Å². The smallest absolute Gasteiger partial charge is 0.238 e. The molecule has 1 unspecified atom stereocenters. The van der Waals surface area contributed by atoms with Crippen LogP contribution in [0.3, 0.4) is 0 Å². The third-order valence-electron chi connectivity index (χ3n) is 3.46. The van der Waals surface area contributed by atoms with Crippen molar-refractivity contribution in [2.45, 2.75) is 39.3 Å². The number of carbonyl (C=O) groups excluding carboxylic acids is 1. The minimum atomic E-state index is 0.0543.